The molecule has 3 heteroatoms. The van der Waals surface area contributed by atoms with Crippen molar-refractivity contribution in [2.45, 2.75) is 60.9 Å². The van der Waals surface area contributed by atoms with Crippen molar-refractivity contribution >= 4 is 0 Å². The molecule has 3 nitrogen and oxygen atoms in total. The third kappa shape index (κ3) is 4.04. The third-order valence-electron chi connectivity index (χ3n) is 2.91. The molecule has 0 aliphatic rings. The molecule has 0 bridgehead atoms. The Morgan fingerprint density at radius 2 is 1.50 bits per heavy atom. The van der Waals surface area contributed by atoms with Gasteiger partial charge in [0.1, 0.15) is 0 Å². The molecule has 0 amide bonds. The molecular formula is C15H28N2O. The molecule has 0 saturated carbocycles. The molecule has 0 spiro atoms. The van der Waals surface area contributed by atoms with E-state index in [-0.39, 0.29) is 5.56 Å². The molecule has 1 N–H and O–H groups in total. The maximum absolute atomic E-state index is 12.4. The number of aromatic amines is 1. The van der Waals surface area contributed by atoms with Crippen LogP contribution < -0.4 is 5.56 Å². The average Bonchev–Trinajstić information content (AvgIpc) is 2.44. The maximum Gasteiger partial charge on any atom is 0.269 e. The summed E-state index contributed by atoms with van der Waals surface area (Å²) in [5.74, 6) is 1.58. The highest BCUT2D eigenvalue weighted by Crippen LogP contribution is 2.13. The normalized spacial score (nSPS) is 12.1. The van der Waals surface area contributed by atoms with Gasteiger partial charge in [-0.2, -0.15) is 0 Å². The highest BCUT2D eigenvalue weighted by Gasteiger charge is 2.16. The Labute approximate surface area is 111 Å². The Bertz CT molecular complexity index is 424. The number of hydrogen-bond donors (Lipinski definition) is 1. The zero-order chi connectivity index (χ0) is 13.9. The van der Waals surface area contributed by atoms with Crippen LogP contribution in [0.25, 0.3) is 0 Å². The van der Waals surface area contributed by atoms with Gasteiger partial charge < -0.3 is 0 Å². The minimum Gasteiger partial charge on any atom is -0.299 e. The van der Waals surface area contributed by atoms with Crippen molar-refractivity contribution in [1.29, 1.82) is 0 Å². The zero-order valence-electron chi connectivity index (χ0n) is 12.7. The average molecular weight is 252 g/mol. The second kappa shape index (κ2) is 6.26. The van der Waals surface area contributed by atoms with Gasteiger partial charge in [-0.15, -0.1) is 0 Å². The van der Waals surface area contributed by atoms with Crippen LogP contribution in [0.4, 0.5) is 0 Å². The predicted octanol–water partition coefficient (Wildman–Crippen LogP) is 3.23. The van der Waals surface area contributed by atoms with Gasteiger partial charge in [0.05, 0.1) is 0 Å². The minimum absolute atomic E-state index is 0.188. The smallest absolute Gasteiger partial charge is 0.269 e. The van der Waals surface area contributed by atoms with Crippen molar-refractivity contribution in [2.24, 2.45) is 17.8 Å². The quantitative estimate of drug-likeness (QED) is 0.829. The maximum atomic E-state index is 12.4. The number of rotatable bonds is 6. The van der Waals surface area contributed by atoms with Gasteiger partial charge in [-0.3, -0.25) is 14.6 Å². The fourth-order valence-corrected chi connectivity index (χ4v) is 2.26. The molecule has 0 aliphatic carbocycles. The van der Waals surface area contributed by atoms with E-state index in [1.165, 1.54) is 0 Å². The van der Waals surface area contributed by atoms with Crippen LogP contribution in [0.1, 0.15) is 52.8 Å². The molecule has 0 aromatic carbocycles. The summed E-state index contributed by atoms with van der Waals surface area (Å²) in [7, 11) is 0. The van der Waals surface area contributed by atoms with Gasteiger partial charge in [0.2, 0.25) is 0 Å². The molecule has 1 heterocycles. The lowest BCUT2D eigenvalue weighted by atomic mass is 9.99. The highest BCUT2D eigenvalue weighted by atomic mass is 16.1. The zero-order valence-corrected chi connectivity index (χ0v) is 12.7. The van der Waals surface area contributed by atoms with Crippen molar-refractivity contribution in [3.63, 3.8) is 0 Å². The van der Waals surface area contributed by atoms with E-state index in [9.17, 15) is 4.79 Å². The number of aromatic nitrogens is 2. The lowest BCUT2D eigenvalue weighted by Crippen LogP contribution is -2.22. The molecule has 0 fully saturated rings. The Hall–Kier alpha value is -0.990. The van der Waals surface area contributed by atoms with Crippen molar-refractivity contribution < 1.29 is 0 Å². The molecule has 1 rings (SSSR count). The summed E-state index contributed by atoms with van der Waals surface area (Å²) in [6.45, 7) is 13.8. The van der Waals surface area contributed by atoms with Gasteiger partial charge in [0.25, 0.3) is 5.56 Å². The first-order valence-electron chi connectivity index (χ1n) is 7.11. The Kier molecular flexibility index (Phi) is 5.24. The molecule has 0 saturated heterocycles. The molecule has 0 radical (unpaired) electrons. The van der Waals surface area contributed by atoms with E-state index in [2.05, 4.69) is 46.6 Å². The van der Waals surface area contributed by atoms with E-state index < -0.39 is 0 Å². The molecule has 18 heavy (non-hydrogen) atoms. The third-order valence-corrected chi connectivity index (χ3v) is 2.91. The van der Waals surface area contributed by atoms with Crippen LogP contribution in [-0.4, -0.2) is 9.78 Å². The summed E-state index contributed by atoms with van der Waals surface area (Å²) in [6.07, 6.45) is 1.84. The number of hydrogen-bond acceptors (Lipinski definition) is 1. The first kappa shape index (κ1) is 15.1. The van der Waals surface area contributed by atoms with Crippen LogP contribution >= 0.6 is 0 Å². The van der Waals surface area contributed by atoms with Gasteiger partial charge in [-0.05, 0) is 30.6 Å². The Balaban J connectivity index is 3.09. The van der Waals surface area contributed by atoms with Crippen LogP contribution in [0.15, 0.2) is 4.79 Å². The number of nitrogens with zero attached hydrogens (tertiary/aromatic N) is 1. The summed E-state index contributed by atoms with van der Waals surface area (Å²) in [4.78, 5) is 12.4. The Morgan fingerprint density at radius 1 is 0.944 bits per heavy atom. The second-order valence-corrected chi connectivity index (χ2v) is 6.57. The van der Waals surface area contributed by atoms with Crippen molar-refractivity contribution in [3.8, 4) is 0 Å². The SMILES string of the molecule is CC(C)Cc1[nH]n(CC(C)C)c(=O)c1CC(C)C. The second-order valence-electron chi connectivity index (χ2n) is 6.57. The predicted molar refractivity (Wildman–Crippen MR) is 77.0 cm³/mol. The van der Waals surface area contributed by atoms with Crippen molar-refractivity contribution in [3.05, 3.63) is 21.6 Å². The van der Waals surface area contributed by atoms with Crippen LogP contribution in [0.2, 0.25) is 0 Å². The van der Waals surface area contributed by atoms with Crippen LogP contribution in [0.3, 0.4) is 0 Å². The molecular weight excluding hydrogens is 224 g/mol. The first-order chi connectivity index (χ1) is 8.31. The topological polar surface area (TPSA) is 37.8 Å². The summed E-state index contributed by atoms with van der Waals surface area (Å²) >= 11 is 0. The van der Waals surface area contributed by atoms with Gasteiger partial charge in [-0.25, -0.2) is 0 Å². The molecule has 0 unspecified atom stereocenters. The fourth-order valence-electron chi connectivity index (χ4n) is 2.26. The van der Waals surface area contributed by atoms with E-state index in [1.54, 1.807) is 4.68 Å². The minimum atomic E-state index is 0.188. The van der Waals surface area contributed by atoms with E-state index in [0.29, 0.717) is 17.8 Å². The van der Waals surface area contributed by atoms with Crippen LogP contribution in [-0.2, 0) is 19.4 Å². The van der Waals surface area contributed by atoms with Gasteiger partial charge in [0, 0.05) is 17.8 Å². The number of H-pyrrole nitrogens is 1. The molecule has 104 valence electrons. The largest absolute Gasteiger partial charge is 0.299 e. The Morgan fingerprint density at radius 3 is 1.94 bits per heavy atom. The lowest BCUT2D eigenvalue weighted by molar-refractivity contribution is 0.466. The standard InChI is InChI=1S/C15H28N2O/c1-10(2)7-13-14(8-11(3)4)16-17(15(13)18)9-12(5)6/h10-12,16H,7-9H2,1-6H3. The van der Waals surface area contributed by atoms with E-state index in [4.69, 9.17) is 0 Å². The monoisotopic (exact) mass is 252 g/mol. The molecule has 0 atom stereocenters. The fraction of sp³-hybridized carbons (Fsp3) is 0.800. The molecule has 1 aromatic rings. The first-order valence-corrected chi connectivity index (χ1v) is 7.11. The van der Waals surface area contributed by atoms with E-state index in [1.807, 2.05) is 0 Å². The summed E-state index contributed by atoms with van der Waals surface area (Å²) < 4.78 is 1.79. The number of nitrogens with one attached hydrogen (secondary N) is 1. The summed E-state index contributed by atoms with van der Waals surface area (Å²) in [6, 6.07) is 0. The van der Waals surface area contributed by atoms with E-state index in [0.717, 1.165) is 30.6 Å². The van der Waals surface area contributed by atoms with Gasteiger partial charge in [0.15, 0.2) is 0 Å². The summed E-state index contributed by atoms with van der Waals surface area (Å²) in [5.41, 5.74) is 2.33. The van der Waals surface area contributed by atoms with Crippen LogP contribution in [0, 0.1) is 17.8 Å². The van der Waals surface area contributed by atoms with Crippen LogP contribution in [0.5, 0.6) is 0 Å². The van der Waals surface area contributed by atoms with E-state index >= 15 is 0 Å². The highest BCUT2D eigenvalue weighted by molar-refractivity contribution is 5.18. The molecule has 0 aliphatic heterocycles. The van der Waals surface area contributed by atoms with Crippen molar-refractivity contribution in [2.75, 3.05) is 0 Å². The summed E-state index contributed by atoms with van der Waals surface area (Å²) in [5, 5.41) is 3.32. The molecule has 1 aromatic heterocycles. The van der Waals surface area contributed by atoms with Gasteiger partial charge >= 0.3 is 0 Å². The van der Waals surface area contributed by atoms with Gasteiger partial charge in [-0.1, -0.05) is 41.5 Å². The van der Waals surface area contributed by atoms with Crippen molar-refractivity contribution in [1.82, 2.24) is 9.78 Å². The lowest BCUT2D eigenvalue weighted by Gasteiger charge is -2.07.